The molecular weight excluding hydrogens is 524 g/mol. The number of thiocarbonyl (C=S) groups is 1. The van der Waals surface area contributed by atoms with E-state index in [0.29, 0.717) is 5.11 Å². The van der Waals surface area contributed by atoms with E-state index in [4.69, 9.17) is 28.6 Å². The lowest BCUT2D eigenvalue weighted by Crippen LogP contribution is -2.30. The van der Waals surface area contributed by atoms with Gasteiger partial charge in [-0.15, -0.1) is 0 Å². The standard InChI is InChI=1S/C32H27ClN4OS/c1-21-8-13-25(14-9-21)38-26-15-10-23(11-16-26)37-31(30(35-32(37)39)28-6-3-4-18-34-28)29-7-5-19-36(29)24-12-17-27(33)22(2)20-24/h3-20,30-31H,1-2H3,(H,35,39). The van der Waals surface area contributed by atoms with E-state index in [1.54, 1.807) is 0 Å². The van der Waals surface area contributed by atoms with Crippen LogP contribution in [-0.2, 0) is 0 Å². The molecule has 2 aromatic heterocycles. The van der Waals surface area contributed by atoms with Gasteiger partial charge in [0.15, 0.2) is 5.11 Å². The van der Waals surface area contributed by atoms with E-state index in [-0.39, 0.29) is 12.1 Å². The van der Waals surface area contributed by atoms with E-state index < -0.39 is 0 Å². The molecule has 1 aliphatic rings. The molecule has 5 nitrogen and oxygen atoms in total. The van der Waals surface area contributed by atoms with Crippen molar-refractivity contribution in [2.45, 2.75) is 25.9 Å². The van der Waals surface area contributed by atoms with Gasteiger partial charge in [-0.1, -0.05) is 35.4 Å². The highest BCUT2D eigenvalue weighted by Gasteiger charge is 2.42. The first-order valence-electron chi connectivity index (χ1n) is 12.8. The SMILES string of the molecule is Cc1ccc(Oc2ccc(N3C(=S)NC(c4ccccn4)C3c3cccn3-c3ccc(Cl)c(C)c3)cc2)cc1. The largest absolute Gasteiger partial charge is 0.457 e. The molecule has 2 unspecified atom stereocenters. The smallest absolute Gasteiger partial charge is 0.174 e. The van der Waals surface area contributed by atoms with E-state index in [2.05, 4.69) is 51.1 Å². The van der Waals surface area contributed by atoms with E-state index in [9.17, 15) is 0 Å². The molecule has 2 atom stereocenters. The summed E-state index contributed by atoms with van der Waals surface area (Å²) in [6, 6.07) is 32.0. The number of pyridine rings is 1. The monoisotopic (exact) mass is 550 g/mol. The number of ether oxygens (including phenoxy) is 1. The number of nitrogens with one attached hydrogen (secondary N) is 1. The molecule has 39 heavy (non-hydrogen) atoms. The van der Waals surface area contributed by atoms with Crippen LogP contribution in [0.2, 0.25) is 5.02 Å². The molecule has 194 valence electrons. The zero-order valence-corrected chi connectivity index (χ0v) is 23.2. The van der Waals surface area contributed by atoms with Gasteiger partial charge in [0, 0.05) is 34.5 Å². The summed E-state index contributed by atoms with van der Waals surface area (Å²) in [6.07, 6.45) is 3.89. The highest BCUT2D eigenvalue weighted by Crippen LogP contribution is 2.42. The van der Waals surface area contributed by atoms with Gasteiger partial charge in [0.05, 0.1) is 11.7 Å². The number of benzene rings is 3. The maximum atomic E-state index is 6.34. The van der Waals surface area contributed by atoms with Crippen LogP contribution in [0.15, 0.2) is 109 Å². The Bertz CT molecular complexity index is 1620. The van der Waals surface area contributed by atoms with Crippen molar-refractivity contribution in [3.05, 3.63) is 137 Å². The van der Waals surface area contributed by atoms with Crippen molar-refractivity contribution in [3.8, 4) is 17.2 Å². The molecule has 0 amide bonds. The molecule has 1 fully saturated rings. The summed E-state index contributed by atoms with van der Waals surface area (Å²) in [5.41, 5.74) is 6.23. The van der Waals surface area contributed by atoms with Gasteiger partial charge < -0.3 is 19.5 Å². The second-order valence-electron chi connectivity index (χ2n) is 9.64. The third-order valence-electron chi connectivity index (χ3n) is 6.97. The average molecular weight is 551 g/mol. The lowest BCUT2D eigenvalue weighted by Gasteiger charge is -2.29. The Morgan fingerprint density at radius 1 is 0.846 bits per heavy atom. The first kappa shape index (κ1) is 25.2. The van der Waals surface area contributed by atoms with Crippen LogP contribution < -0.4 is 15.0 Å². The van der Waals surface area contributed by atoms with Gasteiger partial charge in [-0.25, -0.2) is 0 Å². The Morgan fingerprint density at radius 3 is 2.26 bits per heavy atom. The third kappa shape index (κ3) is 5.01. The normalized spacial score (nSPS) is 16.8. The number of rotatable bonds is 6. The zero-order valence-electron chi connectivity index (χ0n) is 21.6. The van der Waals surface area contributed by atoms with Crippen molar-refractivity contribution >= 4 is 34.6 Å². The molecule has 5 aromatic rings. The lowest BCUT2D eigenvalue weighted by molar-refractivity contribution is 0.482. The number of aromatic nitrogens is 2. The van der Waals surface area contributed by atoms with Crippen molar-refractivity contribution < 1.29 is 4.74 Å². The first-order chi connectivity index (χ1) is 19.0. The summed E-state index contributed by atoms with van der Waals surface area (Å²) in [5.74, 6) is 1.56. The summed E-state index contributed by atoms with van der Waals surface area (Å²) in [4.78, 5) is 6.85. The molecule has 3 aromatic carbocycles. The molecule has 1 aliphatic heterocycles. The lowest BCUT2D eigenvalue weighted by atomic mass is 10.0. The fraction of sp³-hybridized carbons (Fsp3) is 0.125. The van der Waals surface area contributed by atoms with Crippen LogP contribution in [0.4, 0.5) is 5.69 Å². The minimum absolute atomic E-state index is 0.149. The van der Waals surface area contributed by atoms with Crippen LogP contribution >= 0.6 is 23.8 Å². The molecule has 0 bridgehead atoms. The van der Waals surface area contributed by atoms with E-state index in [1.165, 1.54) is 5.56 Å². The van der Waals surface area contributed by atoms with Crippen LogP contribution in [0.25, 0.3) is 5.69 Å². The van der Waals surface area contributed by atoms with Gasteiger partial charge in [-0.2, -0.15) is 0 Å². The Morgan fingerprint density at radius 2 is 1.56 bits per heavy atom. The quantitative estimate of drug-likeness (QED) is 0.216. The Kier molecular flexibility index (Phi) is 6.81. The van der Waals surface area contributed by atoms with E-state index >= 15 is 0 Å². The molecule has 0 spiro atoms. The van der Waals surface area contributed by atoms with Gasteiger partial charge in [0.1, 0.15) is 17.5 Å². The maximum Gasteiger partial charge on any atom is 0.174 e. The summed E-state index contributed by atoms with van der Waals surface area (Å²) in [7, 11) is 0. The molecule has 0 aliphatic carbocycles. The van der Waals surface area contributed by atoms with Crippen LogP contribution in [0.5, 0.6) is 11.5 Å². The Hall–Kier alpha value is -4.13. The van der Waals surface area contributed by atoms with E-state index in [0.717, 1.165) is 44.8 Å². The molecule has 6 rings (SSSR count). The summed E-state index contributed by atoms with van der Waals surface area (Å²) < 4.78 is 8.27. The van der Waals surface area contributed by atoms with Crippen molar-refractivity contribution in [3.63, 3.8) is 0 Å². The van der Waals surface area contributed by atoms with Crippen LogP contribution in [0.1, 0.15) is 34.6 Å². The number of halogens is 1. The molecule has 1 N–H and O–H groups in total. The highest BCUT2D eigenvalue weighted by atomic mass is 35.5. The predicted octanol–water partition coefficient (Wildman–Crippen LogP) is 8.11. The fourth-order valence-electron chi connectivity index (χ4n) is 5.00. The molecule has 3 heterocycles. The molecule has 0 radical (unpaired) electrons. The molecule has 1 saturated heterocycles. The Labute approximate surface area is 238 Å². The number of hydrogen-bond acceptors (Lipinski definition) is 3. The predicted molar refractivity (Wildman–Crippen MR) is 161 cm³/mol. The topological polar surface area (TPSA) is 42.3 Å². The van der Waals surface area contributed by atoms with Crippen molar-refractivity contribution in [2.75, 3.05) is 4.90 Å². The van der Waals surface area contributed by atoms with Gasteiger partial charge >= 0.3 is 0 Å². The minimum atomic E-state index is -0.151. The minimum Gasteiger partial charge on any atom is -0.457 e. The van der Waals surface area contributed by atoms with Gasteiger partial charge in [0.25, 0.3) is 0 Å². The second kappa shape index (κ2) is 10.6. The molecule has 7 heteroatoms. The van der Waals surface area contributed by atoms with E-state index in [1.807, 2.05) is 92.0 Å². The molecule has 0 saturated carbocycles. The maximum absolute atomic E-state index is 6.34. The van der Waals surface area contributed by atoms with Crippen LogP contribution in [0.3, 0.4) is 0 Å². The summed E-state index contributed by atoms with van der Waals surface area (Å²) >= 11 is 12.3. The third-order valence-corrected chi connectivity index (χ3v) is 7.71. The zero-order chi connectivity index (χ0) is 26.9. The number of aryl methyl sites for hydroxylation is 2. The van der Waals surface area contributed by atoms with Crippen LogP contribution in [0, 0.1) is 13.8 Å². The van der Waals surface area contributed by atoms with Gasteiger partial charge in [-0.05, 0) is 110 Å². The number of nitrogens with zero attached hydrogens (tertiary/aromatic N) is 3. The van der Waals surface area contributed by atoms with Gasteiger partial charge in [0.2, 0.25) is 0 Å². The van der Waals surface area contributed by atoms with Crippen molar-refractivity contribution in [2.24, 2.45) is 0 Å². The summed E-state index contributed by atoms with van der Waals surface area (Å²) in [6.45, 7) is 4.08. The average Bonchev–Trinajstić information content (AvgIpc) is 3.57. The molecular formula is C32H27ClN4OS. The van der Waals surface area contributed by atoms with Crippen molar-refractivity contribution in [1.82, 2.24) is 14.9 Å². The number of anilines is 1. The summed E-state index contributed by atoms with van der Waals surface area (Å²) in [5, 5.41) is 4.93. The Balaban J connectivity index is 1.39. The van der Waals surface area contributed by atoms with Crippen LogP contribution in [-0.4, -0.2) is 14.7 Å². The second-order valence-corrected chi connectivity index (χ2v) is 10.4. The highest BCUT2D eigenvalue weighted by molar-refractivity contribution is 7.80. The van der Waals surface area contributed by atoms with Gasteiger partial charge in [-0.3, -0.25) is 4.98 Å². The fourth-order valence-corrected chi connectivity index (χ4v) is 5.46. The number of hydrogen-bond donors (Lipinski definition) is 1. The van der Waals surface area contributed by atoms with Crippen molar-refractivity contribution in [1.29, 1.82) is 0 Å². The first-order valence-corrected chi connectivity index (χ1v) is 13.6.